The molecule has 0 spiro atoms. The third kappa shape index (κ3) is 2.95. The van der Waals surface area contributed by atoms with E-state index in [1.807, 2.05) is 12.1 Å². The lowest BCUT2D eigenvalue weighted by atomic mass is 10.3. The maximum atomic E-state index is 10.8. The van der Waals surface area contributed by atoms with Gasteiger partial charge in [0.05, 0.1) is 7.11 Å². The van der Waals surface area contributed by atoms with Crippen molar-refractivity contribution in [3.63, 3.8) is 0 Å². The van der Waals surface area contributed by atoms with E-state index >= 15 is 0 Å². The summed E-state index contributed by atoms with van der Waals surface area (Å²) >= 11 is 0. The van der Waals surface area contributed by atoms with Crippen LogP contribution in [0.15, 0.2) is 24.3 Å². The van der Waals surface area contributed by atoms with Crippen molar-refractivity contribution in [3.05, 3.63) is 24.3 Å². The summed E-state index contributed by atoms with van der Waals surface area (Å²) in [5.41, 5.74) is 7.31. The minimum absolute atomic E-state index is 0.473. The van der Waals surface area contributed by atoms with Crippen LogP contribution in [0.3, 0.4) is 0 Å². The zero-order valence-electron chi connectivity index (χ0n) is 8.13. The second-order valence-corrected chi connectivity index (χ2v) is 2.57. The number of hydrazine groups is 1. The average molecular weight is 195 g/mol. The van der Waals surface area contributed by atoms with Gasteiger partial charge in [0.25, 0.3) is 0 Å². The molecule has 5 nitrogen and oxygen atoms in total. The lowest BCUT2D eigenvalue weighted by Gasteiger charge is -2.06. The smallest absolute Gasteiger partial charge is 0.411 e. The van der Waals surface area contributed by atoms with E-state index in [1.165, 1.54) is 7.11 Å². The van der Waals surface area contributed by atoms with Crippen molar-refractivity contribution in [1.29, 1.82) is 0 Å². The molecule has 0 aliphatic heterocycles. The Hall–Kier alpha value is -1.75. The van der Waals surface area contributed by atoms with E-state index in [0.29, 0.717) is 5.69 Å². The van der Waals surface area contributed by atoms with Gasteiger partial charge in [0.1, 0.15) is 0 Å². The van der Waals surface area contributed by atoms with E-state index in [-0.39, 0.29) is 0 Å². The summed E-state index contributed by atoms with van der Waals surface area (Å²) in [5.74, 6) is 0. The molecule has 0 radical (unpaired) electrons. The normalized spacial score (nSPS) is 9.29. The van der Waals surface area contributed by atoms with E-state index in [9.17, 15) is 4.79 Å². The molecular weight excluding hydrogens is 182 g/mol. The fourth-order valence-corrected chi connectivity index (χ4v) is 0.950. The number of hydrogen-bond acceptors (Lipinski definition) is 4. The Balaban J connectivity index is 2.59. The highest BCUT2D eigenvalue weighted by Crippen LogP contribution is 2.12. The van der Waals surface area contributed by atoms with E-state index in [1.54, 1.807) is 19.2 Å². The maximum Gasteiger partial charge on any atom is 0.411 e. The Labute approximate surface area is 82.4 Å². The lowest BCUT2D eigenvalue weighted by molar-refractivity contribution is 0.187. The van der Waals surface area contributed by atoms with Gasteiger partial charge in [0.15, 0.2) is 0 Å². The molecule has 0 aliphatic rings. The number of hydrogen-bond donors (Lipinski definition) is 3. The summed E-state index contributed by atoms with van der Waals surface area (Å²) in [5, 5.41) is 2.55. The van der Waals surface area contributed by atoms with E-state index in [2.05, 4.69) is 20.9 Å². The molecule has 1 aromatic carbocycles. The largest absolute Gasteiger partial charge is 0.453 e. The van der Waals surface area contributed by atoms with Crippen molar-refractivity contribution in [3.8, 4) is 0 Å². The highest BCUT2D eigenvalue weighted by Gasteiger charge is 1.99. The molecule has 1 rings (SSSR count). The van der Waals surface area contributed by atoms with Crippen molar-refractivity contribution < 1.29 is 9.53 Å². The first-order chi connectivity index (χ1) is 6.76. The molecule has 0 saturated carbocycles. The van der Waals surface area contributed by atoms with Crippen LogP contribution in [0, 0.1) is 0 Å². The molecule has 0 bridgehead atoms. The van der Waals surface area contributed by atoms with Crippen molar-refractivity contribution in [2.75, 3.05) is 24.9 Å². The predicted molar refractivity (Wildman–Crippen MR) is 55.2 cm³/mol. The molecule has 0 atom stereocenters. The maximum absolute atomic E-state index is 10.8. The fraction of sp³-hybridized carbons (Fsp3) is 0.222. The molecule has 76 valence electrons. The van der Waals surface area contributed by atoms with Crippen LogP contribution in [0.2, 0.25) is 0 Å². The second kappa shape index (κ2) is 5.08. The topological polar surface area (TPSA) is 62.4 Å². The third-order valence-electron chi connectivity index (χ3n) is 1.59. The molecule has 14 heavy (non-hydrogen) atoms. The Morgan fingerprint density at radius 2 is 1.79 bits per heavy atom. The van der Waals surface area contributed by atoms with Gasteiger partial charge in [-0.3, -0.25) is 5.32 Å². The minimum atomic E-state index is -0.473. The van der Waals surface area contributed by atoms with Crippen LogP contribution in [0.4, 0.5) is 16.2 Å². The third-order valence-corrected chi connectivity index (χ3v) is 1.59. The number of nitrogens with one attached hydrogen (secondary N) is 3. The van der Waals surface area contributed by atoms with Crippen LogP contribution in [0.5, 0.6) is 0 Å². The summed E-state index contributed by atoms with van der Waals surface area (Å²) in [6.07, 6.45) is -0.473. The predicted octanol–water partition coefficient (Wildman–Crippen LogP) is 1.41. The Morgan fingerprint density at radius 1 is 1.21 bits per heavy atom. The average Bonchev–Trinajstić information content (AvgIpc) is 2.21. The van der Waals surface area contributed by atoms with Gasteiger partial charge >= 0.3 is 6.09 Å². The molecule has 0 aliphatic carbocycles. The number of benzene rings is 1. The number of methoxy groups -OCH3 is 1. The van der Waals surface area contributed by atoms with Crippen molar-refractivity contribution in [2.24, 2.45) is 0 Å². The summed E-state index contributed by atoms with van der Waals surface area (Å²) in [6.45, 7) is 0. The highest BCUT2D eigenvalue weighted by molar-refractivity contribution is 5.84. The number of carbonyl (C=O) groups excluding carboxylic acids is 1. The van der Waals surface area contributed by atoms with Gasteiger partial charge in [-0.05, 0) is 24.3 Å². The monoisotopic (exact) mass is 195 g/mol. The summed E-state index contributed by atoms with van der Waals surface area (Å²) < 4.78 is 4.45. The van der Waals surface area contributed by atoms with Gasteiger partial charge in [-0.15, -0.1) is 0 Å². The van der Waals surface area contributed by atoms with Crippen LogP contribution in [-0.2, 0) is 4.74 Å². The molecule has 0 fully saturated rings. The van der Waals surface area contributed by atoms with Gasteiger partial charge in [-0.2, -0.15) is 0 Å². The molecular formula is C9H13N3O2. The molecule has 0 aromatic heterocycles. The van der Waals surface area contributed by atoms with E-state index in [4.69, 9.17) is 0 Å². The van der Waals surface area contributed by atoms with Crippen LogP contribution in [0.25, 0.3) is 0 Å². The summed E-state index contributed by atoms with van der Waals surface area (Å²) in [7, 11) is 3.10. The van der Waals surface area contributed by atoms with Gasteiger partial charge < -0.3 is 10.2 Å². The lowest BCUT2D eigenvalue weighted by Crippen LogP contribution is -2.15. The van der Waals surface area contributed by atoms with Crippen LogP contribution < -0.4 is 16.2 Å². The van der Waals surface area contributed by atoms with E-state index in [0.717, 1.165) is 5.69 Å². The van der Waals surface area contributed by atoms with Gasteiger partial charge in [-0.1, -0.05) is 0 Å². The zero-order chi connectivity index (χ0) is 10.4. The summed E-state index contributed by atoms with van der Waals surface area (Å²) in [6, 6.07) is 7.22. The van der Waals surface area contributed by atoms with Gasteiger partial charge in [0.2, 0.25) is 0 Å². The molecule has 0 saturated heterocycles. The SMILES string of the molecule is CNNc1ccc(NC(=O)OC)cc1. The van der Waals surface area contributed by atoms with Gasteiger partial charge in [0, 0.05) is 18.4 Å². The molecule has 3 N–H and O–H groups in total. The molecule has 1 aromatic rings. The fourth-order valence-electron chi connectivity index (χ4n) is 0.950. The highest BCUT2D eigenvalue weighted by atomic mass is 16.5. The Kier molecular flexibility index (Phi) is 3.75. The van der Waals surface area contributed by atoms with Crippen molar-refractivity contribution in [2.45, 2.75) is 0 Å². The van der Waals surface area contributed by atoms with Crippen molar-refractivity contribution in [1.82, 2.24) is 5.43 Å². The van der Waals surface area contributed by atoms with Crippen LogP contribution in [-0.4, -0.2) is 20.3 Å². The quantitative estimate of drug-likeness (QED) is 0.638. The first-order valence-corrected chi connectivity index (χ1v) is 4.14. The first kappa shape index (κ1) is 10.3. The standard InChI is InChI=1S/C9H13N3O2/c1-10-12-8-5-3-7(4-6-8)11-9(13)14-2/h3-6,10,12H,1-2H3,(H,11,13). The number of carbonyl (C=O) groups is 1. The first-order valence-electron chi connectivity index (χ1n) is 4.14. The zero-order valence-corrected chi connectivity index (χ0v) is 8.13. The number of ether oxygens (including phenoxy) is 1. The molecule has 5 heteroatoms. The molecule has 1 amide bonds. The van der Waals surface area contributed by atoms with Crippen LogP contribution in [0.1, 0.15) is 0 Å². The summed E-state index contributed by atoms with van der Waals surface area (Å²) in [4.78, 5) is 10.8. The molecule has 0 heterocycles. The van der Waals surface area contributed by atoms with Crippen molar-refractivity contribution >= 4 is 17.5 Å². The molecule has 0 unspecified atom stereocenters. The van der Waals surface area contributed by atoms with Crippen LogP contribution >= 0.6 is 0 Å². The number of anilines is 2. The van der Waals surface area contributed by atoms with E-state index < -0.39 is 6.09 Å². The van der Waals surface area contributed by atoms with Gasteiger partial charge in [-0.25, -0.2) is 10.2 Å². The number of amides is 1. The second-order valence-electron chi connectivity index (χ2n) is 2.57. The number of rotatable bonds is 3. The minimum Gasteiger partial charge on any atom is -0.453 e. The Bertz CT molecular complexity index is 297. The Morgan fingerprint density at radius 3 is 2.29 bits per heavy atom.